The molecular formula is C31H48N4O10. The Morgan fingerprint density at radius 3 is 2.53 bits per heavy atom. The van der Waals surface area contributed by atoms with Gasteiger partial charge >= 0.3 is 6.16 Å². The summed E-state index contributed by atoms with van der Waals surface area (Å²) in [7, 11) is 0. The van der Waals surface area contributed by atoms with Crippen LogP contribution in [0.15, 0.2) is 18.2 Å². The summed E-state index contributed by atoms with van der Waals surface area (Å²) in [5.41, 5.74) is 8.34. The molecule has 0 saturated carbocycles. The first kappa shape index (κ1) is 36.0. The second-order valence-electron chi connectivity index (χ2n) is 12.1. The zero-order chi connectivity index (χ0) is 33.3. The molecule has 252 valence electrons. The van der Waals surface area contributed by atoms with E-state index in [9.17, 15) is 24.9 Å². The Morgan fingerprint density at radius 1 is 1.16 bits per heavy atom. The molecule has 0 aliphatic carbocycles. The quantitative estimate of drug-likeness (QED) is 0.115. The number of carbonyl (C=O) groups excluding carboxylic acids is 2. The fourth-order valence-corrected chi connectivity index (χ4v) is 4.70. The molecule has 5 atom stereocenters. The first-order chi connectivity index (χ1) is 21.2. The molecule has 0 bridgehead atoms. The number of ether oxygens (including phenoxy) is 5. The van der Waals surface area contributed by atoms with E-state index in [1.54, 1.807) is 20.8 Å². The molecule has 3 rings (SSSR count). The number of carbonyl (C=O) groups is 2. The predicted molar refractivity (Wildman–Crippen MR) is 163 cm³/mol. The van der Waals surface area contributed by atoms with E-state index in [0.717, 1.165) is 34.6 Å². The lowest BCUT2D eigenvalue weighted by Crippen LogP contribution is -2.60. The van der Waals surface area contributed by atoms with Gasteiger partial charge in [0.2, 0.25) is 18.1 Å². The highest BCUT2D eigenvalue weighted by molar-refractivity contribution is 5.80. The van der Waals surface area contributed by atoms with Gasteiger partial charge in [-0.3, -0.25) is 9.89 Å². The third-order valence-corrected chi connectivity index (χ3v) is 7.64. The number of hydrogen-bond acceptors (Lipinski definition) is 12. The van der Waals surface area contributed by atoms with Gasteiger partial charge in [-0.05, 0) is 69.8 Å². The molecule has 0 radical (unpaired) electrons. The Kier molecular flexibility index (Phi) is 13.0. The highest BCUT2D eigenvalue weighted by atomic mass is 16.7. The van der Waals surface area contributed by atoms with Gasteiger partial charge < -0.3 is 50.1 Å². The van der Waals surface area contributed by atoms with Crippen LogP contribution in [0, 0.1) is 12.3 Å². The number of aromatic nitrogens is 2. The van der Waals surface area contributed by atoms with Crippen molar-refractivity contribution in [3.8, 4) is 11.6 Å². The molecule has 7 N–H and O–H groups in total. The average molecular weight is 637 g/mol. The van der Waals surface area contributed by atoms with Gasteiger partial charge in [0.05, 0.1) is 18.6 Å². The van der Waals surface area contributed by atoms with Crippen LogP contribution in [0.5, 0.6) is 11.6 Å². The second-order valence-corrected chi connectivity index (χ2v) is 12.1. The zero-order valence-electron chi connectivity index (χ0n) is 26.9. The van der Waals surface area contributed by atoms with Crippen LogP contribution < -0.4 is 20.5 Å². The van der Waals surface area contributed by atoms with E-state index in [2.05, 4.69) is 15.5 Å². The van der Waals surface area contributed by atoms with Gasteiger partial charge in [0.25, 0.3) is 0 Å². The number of benzene rings is 1. The van der Waals surface area contributed by atoms with Crippen molar-refractivity contribution < 1.29 is 48.6 Å². The molecule has 1 aromatic carbocycles. The number of aliphatic hydroxyl groups is 3. The van der Waals surface area contributed by atoms with E-state index in [4.69, 9.17) is 29.4 Å². The average Bonchev–Trinajstić information content (AvgIpc) is 3.38. The number of primary amides is 1. The highest BCUT2D eigenvalue weighted by Crippen LogP contribution is 2.32. The van der Waals surface area contributed by atoms with Crippen molar-refractivity contribution in [1.29, 1.82) is 0 Å². The highest BCUT2D eigenvalue weighted by Gasteiger charge is 2.46. The topological polar surface area (TPSA) is 208 Å². The molecule has 1 aliphatic rings. The molecule has 1 saturated heterocycles. The van der Waals surface area contributed by atoms with Crippen molar-refractivity contribution in [2.45, 2.75) is 91.0 Å². The molecule has 45 heavy (non-hydrogen) atoms. The number of rotatable bonds is 16. The van der Waals surface area contributed by atoms with Gasteiger partial charge in [-0.2, -0.15) is 0 Å². The Morgan fingerprint density at radius 2 is 1.89 bits per heavy atom. The van der Waals surface area contributed by atoms with Gasteiger partial charge in [-0.1, -0.05) is 19.9 Å². The molecule has 2 heterocycles. The van der Waals surface area contributed by atoms with Crippen molar-refractivity contribution in [1.82, 2.24) is 15.5 Å². The fraction of sp³-hybridized carbons (Fsp3) is 0.645. The van der Waals surface area contributed by atoms with Gasteiger partial charge in [0.15, 0.2) is 0 Å². The van der Waals surface area contributed by atoms with E-state index in [1.807, 2.05) is 39.0 Å². The summed E-state index contributed by atoms with van der Waals surface area (Å²) in [6.45, 7) is 12.6. The molecule has 1 aliphatic heterocycles. The Balaban J connectivity index is 1.65. The first-order valence-electron chi connectivity index (χ1n) is 15.2. The lowest BCUT2D eigenvalue weighted by atomic mass is 9.93. The molecule has 14 heteroatoms. The molecule has 14 nitrogen and oxygen atoms in total. The summed E-state index contributed by atoms with van der Waals surface area (Å²) < 4.78 is 27.3. The third-order valence-electron chi connectivity index (χ3n) is 7.64. The minimum atomic E-state index is -1.63. The lowest BCUT2D eigenvalue weighted by molar-refractivity contribution is -0.278. The molecule has 1 amide bonds. The number of aryl methyl sites for hydroxylation is 1. The van der Waals surface area contributed by atoms with Crippen LogP contribution >= 0.6 is 0 Å². The van der Waals surface area contributed by atoms with Crippen LogP contribution in [0.1, 0.15) is 69.3 Å². The zero-order valence-corrected chi connectivity index (χ0v) is 26.9. The van der Waals surface area contributed by atoms with Crippen LogP contribution in [-0.4, -0.2) is 101 Å². The largest absolute Gasteiger partial charge is 0.508 e. The van der Waals surface area contributed by atoms with Crippen molar-refractivity contribution in [2.75, 3.05) is 32.9 Å². The van der Waals surface area contributed by atoms with Crippen molar-refractivity contribution in [2.24, 2.45) is 11.1 Å². The maximum absolute atomic E-state index is 11.6. The minimum absolute atomic E-state index is 0.0604. The monoisotopic (exact) mass is 636 g/mol. The lowest BCUT2D eigenvalue weighted by Gasteiger charge is -2.39. The molecule has 1 aromatic heterocycles. The van der Waals surface area contributed by atoms with Crippen LogP contribution in [0.3, 0.4) is 0 Å². The minimum Gasteiger partial charge on any atom is -0.494 e. The van der Waals surface area contributed by atoms with Crippen molar-refractivity contribution in [3.63, 3.8) is 0 Å². The maximum Gasteiger partial charge on any atom is 0.508 e. The van der Waals surface area contributed by atoms with Crippen LogP contribution in [0.2, 0.25) is 0 Å². The molecular weight excluding hydrogens is 588 g/mol. The molecule has 5 unspecified atom stereocenters. The summed E-state index contributed by atoms with van der Waals surface area (Å²) in [6.07, 6.45) is -7.12. The summed E-state index contributed by atoms with van der Waals surface area (Å²) in [5.74, 6) is 0.610. The predicted octanol–water partition coefficient (Wildman–Crippen LogP) is 1.66. The first-order valence-corrected chi connectivity index (χ1v) is 15.2. The fourth-order valence-electron chi connectivity index (χ4n) is 4.70. The number of amides is 1. The smallest absolute Gasteiger partial charge is 0.494 e. The van der Waals surface area contributed by atoms with E-state index < -0.39 is 48.9 Å². The van der Waals surface area contributed by atoms with Crippen LogP contribution in [0.25, 0.3) is 0 Å². The molecule has 2 aromatic rings. The van der Waals surface area contributed by atoms with Gasteiger partial charge in [-0.15, -0.1) is 5.10 Å². The SMILES string of the molecule is CCOC(=O)OCC1OC(Oc2n[nH]c(C(C)C)c2Cc2ccc(OCCCNCC(C)(C)C(N)=O)cc2C)C(O)C(O)C1O. The third kappa shape index (κ3) is 9.78. The summed E-state index contributed by atoms with van der Waals surface area (Å²) in [4.78, 5) is 23.1. The second kappa shape index (κ2) is 16.2. The van der Waals surface area contributed by atoms with Gasteiger partial charge in [-0.25, -0.2) is 4.79 Å². The number of nitrogens with two attached hydrogens (primary N) is 1. The van der Waals surface area contributed by atoms with Crippen molar-refractivity contribution in [3.05, 3.63) is 40.6 Å². The normalized spacial score (nSPS) is 21.9. The van der Waals surface area contributed by atoms with Crippen LogP contribution in [-0.2, 0) is 25.4 Å². The standard InChI is InChI=1S/C31H48N4O10/c1-7-41-30(40)43-15-22-24(36)25(37)26(38)28(44-22)45-27-21(23(17(2)3)34-35-27)14-19-9-10-20(13-18(19)4)42-12-8-11-33-16-31(5,6)29(32)39/h9-10,13,17,22,24-26,28,33,36-38H,7-8,11-12,14-16H2,1-6H3,(H2,32,39)(H,34,35). The Hall–Kier alpha value is -3.43. The van der Waals surface area contributed by atoms with Gasteiger partial charge in [0.1, 0.15) is 36.8 Å². The summed E-state index contributed by atoms with van der Waals surface area (Å²) >= 11 is 0. The van der Waals surface area contributed by atoms with E-state index in [-0.39, 0.29) is 24.3 Å². The van der Waals surface area contributed by atoms with E-state index >= 15 is 0 Å². The number of nitrogens with zero attached hydrogens (tertiary/aromatic N) is 1. The number of hydrogen-bond donors (Lipinski definition) is 6. The number of nitrogens with one attached hydrogen (secondary N) is 2. The number of H-pyrrole nitrogens is 1. The summed E-state index contributed by atoms with van der Waals surface area (Å²) in [6, 6.07) is 5.81. The Labute approximate surface area is 263 Å². The number of aromatic amines is 1. The van der Waals surface area contributed by atoms with Crippen molar-refractivity contribution >= 4 is 12.1 Å². The number of aliphatic hydroxyl groups excluding tert-OH is 3. The molecule has 0 spiro atoms. The summed E-state index contributed by atoms with van der Waals surface area (Å²) in [5, 5.41) is 42.0. The van der Waals surface area contributed by atoms with Gasteiger partial charge in [0, 0.05) is 24.2 Å². The van der Waals surface area contributed by atoms with E-state index in [1.165, 1.54) is 0 Å². The Bertz CT molecular complexity index is 1270. The van der Waals surface area contributed by atoms with E-state index in [0.29, 0.717) is 26.1 Å². The van der Waals surface area contributed by atoms with Crippen LogP contribution in [0.4, 0.5) is 4.79 Å². The maximum atomic E-state index is 11.6. The molecule has 1 fully saturated rings.